The number of esters is 2. The molecule has 0 atom stereocenters. The maximum absolute atomic E-state index is 12.4. The van der Waals surface area contributed by atoms with Gasteiger partial charge >= 0.3 is 11.9 Å². The highest BCUT2D eigenvalue weighted by molar-refractivity contribution is 5.69. The zero-order chi connectivity index (χ0) is 36.1. The first kappa shape index (κ1) is 49.6. The van der Waals surface area contributed by atoms with E-state index in [4.69, 9.17) is 14.2 Å². The van der Waals surface area contributed by atoms with Crippen LogP contribution in [0.25, 0.3) is 0 Å². The zero-order valence-electron chi connectivity index (χ0n) is 33.6. The van der Waals surface area contributed by atoms with Crippen molar-refractivity contribution in [3.8, 4) is 0 Å². The standard InChI is InChI=1S/C44H82NO5.ClH/c1-3-5-7-9-11-13-15-17-19-21-23-25-27-29-31-33-43(46)49-41-37-45(35-39-48-40-36-45)38-42-50-44(47)34-32-30-28-26-24-22-20-18-16-14-12-10-8-6-4-2;/h17-20H,3-16,21-42H2,1-2H3;1H/q+1;/p-1. The van der Waals surface area contributed by atoms with E-state index in [1.54, 1.807) is 0 Å². The van der Waals surface area contributed by atoms with E-state index in [1.165, 1.54) is 141 Å². The molecule has 0 radical (unpaired) electrons. The van der Waals surface area contributed by atoms with Crippen LogP contribution in [0.15, 0.2) is 24.3 Å². The molecule has 0 aromatic heterocycles. The Morgan fingerprint density at radius 1 is 0.490 bits per heavy atom. The third-order valence-electron chi connectivity index (χ3n) is 10.4. The van der Waals surface area contributed by atoms with Crippen LogP contribution < -0.4 is 12.4 Å². The zero-order valence-corrected chi connectivity index (χ0v) is 34.4. The van der Waals surface area contributed by atoms with Crippen molar-refractivity contribution >= 4 is 11.9 Å². The highest BCUT2D eigenvalue weighted by atomic mass is 35.5. The Morgan fingerprint density at radius 3 is 1.16 bits per heavy atom. The maximum atomic E-state index is 12.4. The van der Waals surface area contributed by atoms with Crippen molar-refractivity contribution < 1.29 is 40.7 Å². The third-order valence-corrected chi connectivity index (χ3v) is 10.4. The van der Waals surface area contributed by atoms with Gasteiger partial charge in [-0.05, 0) is 64.2 Å². The summed E-state index contributed by atoms with van der Waals surface area (Å²) >= 11 is 0. The van der Waals surface area contributed by atoms with Crippen LogP contribution in [-0.4, -0.2) is 69.0 Å². The van der Waals surface area contributed by atoms with Gasteiger partial charge in [-0.25, -0.2) is 0 Å². The highest BCUT2D eigenvalue weighted by Gasteiger charge is 2.31. The number of hydrogen-bond acceptors (Lipinski definition) is 5. The molecular formula is C44H82ClNO5. The smallest absolute Gasteiger partial charge is 0.305 e. The van der Waals surface area contributed by atoms with Gasteiger partial charge in [0.2, 0.25) is 0 Å². The molecule has 51 heavy (non-hydrogen) atoms. The van der Waals surface area contributed by atoms with Crippen LogP contribution in [0.3, 0.4) is 0 Å². The molecule has 0 saturated carbocycles. The summed E-state index contributed by atoms with van der Waals surface area (Å²) in [5.74, 6) is -0.166. The van der Waals surface area contributed by atoms with Gasteiger partial charge in [-0.1, -0.05) is 141 Å². The van der Waals surface area contributed by atoms with Gasteiger partial charge in [0.05, 0.1) is 13.2 Å². The summed E-state index contributed by atoms with van der Waals surface area (Å²) in [7, 11) is 0. The van der Waals surface area contributed by atoms with Crippen molar-refractivity contribution in [1.82, 2.24) is 0 Å². The number of rotatable bonds is 36. The van der Waals surface area contributed by atoms with Crippen LogP contribution in [-0.2, 0) is 23.8 Å². The number of ether oxygens (including phenoxy) is 3. The summed E-state index contributed by atoms with van der Waals surface area (Å²) in [5.41, 5.74) is 0. The predicted molar refractivity (Wildman–Crippen MR) is 211 cm³/mol. The van der Waals surface area contributed by atoms with Crippen LogP contribution in [0, 0.1) is 0 Å². The lowest BCUT2D eigenvalue weighted by Crippen LogP contribution is -3.00. The van der Waals surface area contributed by atoms with E-state index in [2.05, 4.69) is 38.2 Å². The first-order chi connectivity index (χ1) is 24.6. The van der Waals surface area contributed by atoms with Gasteiger partial charge in [0.15, 0.2) is 0 Å². The molecule has 1 fully saturated rings. The Kier molecular flexibility index (Phi) is 37.3. The highest BCUT2D eigenvalue weighted by Crippen LogP contribution is 2.14. The Morgan fingerprint density at radius 2 is 0.804 bits per heavy atom. The molecule has 0 spiro atoms. The van der Waals surface area contributed by atoms with Gasteiger partial charge in [0, 0.05) is 12.8 Å². The summed E-state index contributed by atoms with van der Waals surface area (Å²) < 4.78 is 17.7. The lowest BCUT2D eigenvalue weighted by Gasteiger charge is -2.40. The number of unbranched alkanes of at least 4 members (excludes halogenated alkanes) is 22. The minimum atomic E-state index is -0.0829. The summed E-state index contributed by atoms with van der Waals surface area (Å²) in [6.07, 6.45) is 43.0. The van der Waals surface area contributed by atoms with Gasteiger partial charge in [-0.2, -0.15) is 0 Å². The first-order valence-corrected chi connectivity index (χ1v) is 21.7. The summed E-state index contributed by atoms with van der Waals surface area (Å²) in [4.78, 5) is 24.7. The van der Waals surface area contributed by atoms with Crippen molar-refractivity contribution in [3.63, 3.8) is 0 Å². The molecule has 1 aliphatic rings. The van der Waals surface area contributed by atoms with Crippen LogP contribution in [0.2, 0.25) is 0 Å². The van der Waals surface area contributed by atoms with Gasteiger partial charge in [-0.3, -0.25) is 9.59 Å². The molecule has 1 aliphatic heterocycles. The number of halogens is 1. The normalized spacial score (nSPS) is 14.2. The minimum Gasteiger partial charge on any atom is -1.00 e. The summed E-state index contributed by atoms with van der Waals surface area (Å²) in [5, 5.41) is 0. The van der Waals surface area contributed by atoms with E-state index in [1.807, 2.05) is 0 Å². The Balaban J connectivity index is 0.0000250. The molecule has 0 aromatic carbocycles. The number of carbonyl (C=O) groups is 2. The van der Waals surface area contributed by atoms with Crippen molar-refractivity contribution in [2.75, 3.05) is 52.6 Å². The third kappa shape index (κ3) is 33.0. The second kappa shape index (κ2) is 38.4. The van der Waals surface area contributed by atoms with E-state index in [0.29, 0.717) is 39.3 Å². The fourth-order valence-corrected chi connectivity index (χ4v) is 6.82. The molecule has 300 valence electrons. The quantitative estimate of drug-likeness (QED) is 0.0278. The lowest BCUT2D eigenvalue weighted by atomic mass is 10.1. The molecule has 0 aromatic rings. The number of quaternary nitrogens is 1. The van der Waals surface area contributed by atoms with Gasteiger partial charge < -0.3 is 31.1 Å². The van der Waals surface area contributed by atoms with E-state index in [-0.39, 0.29) is 24.3 Å². The molecule has 6 nitrogen and oxygen atoms in total. The average molecular weight is 741 g/mol. The second-order valence-electron chi connectivity index (χ2n) is 15.0. The van der Waals surface area contributed by atoms with E-state index < -0.39 is 0 Å². The topological polar surface area (TPSA) is 61.8 Å². The van der Waals surface area contributed by atoms with Crippen LogP contribution in [0.4, 0.5) is 0 Å². The predicted octanol–water partition coefficient (Wildman–Crippen LogP) is 9.00. The number of nitrogens with zero attached hydrogens (tertiary/aromatic N) is 1. The lowest BCUT2D eigenvalue weighted by molar-refractivity contribution is -0.935. The minimum absolute atomic E-state index is 0. The van der Waals surface area contributed by atoms with Crippen LogP contribution >= 0.6 is 0 Å². The molecule has 0 unspecified atom stereocenters. The molecule has 7 heteroatoms. The summed E-state index contributed by atoms with van der Waals surface area (Å²) in [6, 6.07) is 0. The van der Waals surface area contributed by atoms with Gasteiger partial charge in [-0.15, -0.1) is 0 Å². The van der Waals surface area contributed by atoms with Crippen molar-refractivity contribution in [2.24, 2.45) is 0 Å². The monoisotopic (exact) mass is 740 g/mol. The Labute approximate surface area is 322 Å². The molecule has 0 aliphatic carbocycles. The largest absolute Gasteiger partial charge is 1.00 e. The van der Waals surface area contributed by atoms with E-state index >= 15 is 0 Å². The molecular weight excluding hydrogens is 658 g/mol. The molecule has 1 heterocycles. The van der Waals surface area contributed by atoms with Gasteiger partial charge in [0.1, 0.15) is 39.4 Å². The van der Waals surface area contributed by atoms with Crippen LogP contribution in [0.1, 0.15) is 194 Å². The van der Waals surface area contributed by atoms with Crippen molar-refractivity contribution in [1.29, 1.82) is 0 Å². The van der Waals surface area contributed by atoms with Crippen molar-refractivity contribution in [3.05, 3.63) is 24.3 Å². The fraction of sp³-hybridized carbons (Fsp3) is 0.864. The van der Waals surface area contributed by atoms with Crippen LogP contribution in [0.5, 0.6) is 0 Å². The second-order valence-corrected chi connectivity index (χ2v) is 15.0. The van der Waals surface area contributed by atoms with Gasteiger partial charge in [0.25, 0.3) is 0 Å². The summed E-state index contributed by atoms with van der Waals surface area (Å²) in [6.45, 7) is 10.0. The fourth-order valence-electron chi connectivity index (χ4n) is 6.82. The Hall–Kier alpha value is -1.37. The number of morpholine rings is 1. The number of carbonyl (C=O) groups excluding carboxylic acids is 2. The molecule has 1 rings (SSSR count). The molecule has 0 bridgehead atoms. The van der Waals surface area contributed by atoms with Crippen molar-refractivity contribution in [2.45, 2.75) is 194 Å². The first-order valence-electron chi connectivity index (χ1n) is 21.7. The average Bonchev–Trinajstić information content (AvgIpc) is 3.12. The molecule has 0 amide bonds. The van der Waals surface area contributed by atoms with E-state index in [0.717, 1.165) is 56.3 Å². The molecule has 1 saturated heterocycles. The maximum Gasteiger partial charge on any atom is 0.305 e. The Bertz CT molecular complexity index is 766. The number of allylic oxidation sites excluding steroid dienone is 4. The number of hydrogen-bond donors (Lipinski definition) is 0. The SMILES string of the molecule is CCCCCCCCC=CCCCCCCCC(=O)OCC[N+]1(CCOC(=O)CCCCCCCC=CCCCCCCCC)CCOCC1.[Cl-]. The molecule has 0 N–H and O–H groups in total. The van der Waals surface area contributed by atoms with E-state index in [9.17, 15) is 9.59 Å².